The number of anilines is 2. The zero-order chi connectivity index (χ0) is 20.7. The number of aromatic nitrogens is 1. The summed E-state index contributed by atoms with van der Waals surface area (Å²) in [6, 6.07) is 9.46. The minimum Gasteiger partial charge on any atom is -0.506 e. The molecule has 0 radical (unpaired) electrons. The summed E-state index contributed by atoms with van der Waals surface area (Å²) in [5.74, 6) is -0.285. The number of nitrogens with zero attached hydrogens (tertiary/aromatic N) is 3. The zero-order valence-electron chi connectivity index (χ0n) is 15.8. The molecular formula is C18H22N6O4. The molecule has 28 heavy (non-hydrogen) atoms. The molecule has 0 aliphatic rings. The minimum atomic E-state index is -0.699. The molecule has 1 heterocycles. The summed E-state index contributed by atoms with van der Waals surface area (Å²) < 4.78 is 5.04. The molecule has 0 aliphatic carbocycles. The van der Waals surface area contributed by atoms with Crippen molar-refractivity contribution in [3.63, 3.8) is 0 Å². The van der Waals surface area contributed by atoms with Gasteiger partial charge in [0.15, 0.2) is 5.82 Å². The second kappa shape index (κ2) is 8.80. The van der Waals surface area contributed by atoms with Crippen LogP contribution in [-0.4, -0.2) is 34.2 Å². The van der Waals surface area contributed by atoms with Crippen LogP contribution in [0.25, 0.3) is 0 Å². The van der Waals surface area contributed by atoms with E-state index in [9.17, 15) is 14.7 Å². The first-order valence-electron chi connectivity index (χ1n) is 8.37. The fourth-order valence-electron chi connectivity index (χ4n) is 1.93. The van der Waals surface area contributed by atoms with Crippen molar-refractivity contribution in [2.75, 3.05) is 17.6 Å². The summed E-state index contributed by atoms with van der Waals surface area (Å²) in [4.78, 5) is 27.5. The summed E-state index contributed by atoms with van der Waals surface area (Å²) in [5, 5.41) is 22.4. The SMILES string of the molecule is CC(C)(C)OC(=O)NCC(=O)Nc1ccc(N=Nc2ccccc2O)c(N)n1. The van der Waals surface area contributed by atoms with Crippen LogP contribution in [0.5, 0.6) is 5.75 Å². The van der Waals surface area contributed by atoms with Gasteiger partial charge in [-0.2, -0.15) is 0 Å². The van der Waals surface area contributed by atoms with Crippen molar-refractivity contribution in [3.05, 3.63) is 36.4 Å². The van der Waals surface area contributed by atoms with E-state index in [1.54, 1.807) is 39.0 Å². The van der Waals surface area contributed by atoms with Crippen molar-refractivity contribution >= 4 is 35.0 Å². The number of ether oxygens (including phenoxy) is 1. The Balaban J connectivity index is 1.94. The first kappa shape index (κ1) is 20.6. The first-order valence-corrected chi connectivity index (χ1v) is 8.37. The summed E-state index contributed by atoms with van der Waals surface area (Å²) in [7, 11) is 0. The molecule has 0 saturated heterocycles. The molecule has 148 valence electrons. The molecule has 2 aromatic rings. The topological polar surface area (TPSA) is 151 Å². The average Bonchev–Trinajstić information content (AvgIpc) is 2.59. The molecule has 0 aliphatic heterocycles. The maximum Gasteiger partial charge on any atom is 0.408 e. The highest BCUT2D eigenvalue weighted by Gasteiger charge is 2.16. The number of nitrogens with one attached hydrogen (secondary N) is 2. The van der Waals surface area contributed by atoms with Crippen molar-refractivity contribution in [1.82, 2.24) is 10.3 Å². The van der Waals surface area contributed by atoms with Crippen LogP contribution in [0.1, 0.15) is 20.8 Å². The predicted octanol–water partition coefficient (Wildman–Crippen LogP) is 3.25. The summed E-state index contributed by atoms with van der Waals surface area (Å²) in [6.07, 6.45) is -0.699. The van der Waals surface area contributed by atoms with Crippen LogP contribution in [0.2, 0.25) is 0 Å². The molecule has 0 unspecified atom stereocenters. The van der Waals surface area contributed by atoms with Crippen LogP contribution in [0.4, 0.5) is 27.8 Å². The van der Waals surface area contributed by atoms with Gasteiger partial charge in [-0.25, -0.2) is 9.78 Å². The molecule has 1 aromatic heterocycles. The molecule has 2 rings (SSSR count). The number of nitrogens with two attached hydrogens (primary N) is 1. The van der Waals surface area contributed by atoms with Crippen LogP contribution >= 0.6 is 0 Å². The molecular weight excluding hydrogens is 364 g/mol. The second-order valence-corrected chi connectivity index (χ2v) is 6.69. The van der Waals surface area contributed by atoms with Crippen LogP contribution in [0, 0.1) is 0 Å². The number of benzene rings is 1. The number of hydrogen-bond acceptors (Lipinski definition) is 8. The largest absolute Gasteiger partial charge is 0.506 e. The number of amides is 2. The Morgan fingerprint density at radius 1 is 1.14 bits per heavy atom. The highest BCUT2D eigenvalue weighted by molar-refractivity contribution is 5.93. The van der Waals surface area contributed by atoms with Crippen LogP contribution in [-0.2, 0) is 9.53 Å². The maximum absolute atomic E-state index is 11.9. The lowest BCUT2D eigenvalue weighted by Gasteiger charge is -2.19. The molecule has 0 spiro atoms. The smallest absolute Gasteiger partial charge is 0.408 e. The minimum absolute atomic E-state index is 0.0147. The lowest BCUT2D eigenvalue weighted by Crippen LogP contribution is -2.37. The summed E-state index contributed by atoms with van der Waals surface area (Å²) in [6.45, 7) is 4.87. The van der Waals surface area contributed by atoms with Gasteiger partial charge >= 0.3 is 6.09 Å². The lowest BCUT2D eigenvalue weighted by molar-refractivity contribution is -0.115. The van der Waals surface area contributed by atoms with Crippen molar-refractivity contribution in [1.29, 1.82) is 0 Å². The Bertz CT molecular complexity index is 892. The number of carbonyl (C=O) groups is 2. The van der Waals surface area contributed by atoms with Crippen LogP contribution in [0.15, 0.2) is 46.6 Å². The number of nitrogen functional groups attached to an aromatic ring is 1. The van der Waals surface area contributed by atoms with Gasteiger partial charge in [0.1, 0.15) is 35.1 Å². The number of phenols is 1. The molecule has 0 saturated carbocycles. The van der Waals surface area contributed by atoms with E-state index in [4.69, 9.17) is 10.5 Å². The second-order valence-electron chi connectivity index (χ2n) is 6.69. The third-order valence-corrected chi connectivity index (χ3v) is 3.11. The van der Waals surface area contributed by atoms with Crippen molar-refractivity contribution < 1.29 is 19.4 Å². The van der Waals surface area contributed by atoms with E-state index in [0.29, 0.717) is 0 Å². The third-order valence-electron chi connectivity index (χ3n) is 3.11. The normalized spacial score (nSPS) is 11.2. The van der Waals surface area contributed by atoms with Gasteiger partial charge in [0.05, 0.1) is 0 Å². The lowest BCUT2D eigenvalue weighted by atomic mass is 10.2. The van der Waals surface area contributed by atoms with Gasteiger partial charge in [-0.1, -0.05) is 12.1 Å². The fraction of sp³-hybridized carbons (Fsp3) is 0.278. The Hall–Kier alpha value is -3.69. The Kier molecular flexibility index (Phi) is 6.48. The number of aromatic hydroxyl groups is 1. The summed E-state index contributed by atoms with van der Waals surface area (Å²) in [5.41, 5.74) is 5.72. The molecule has 0 atom stereocenters. The Morgan fingerprint density at radius 3 is 2.46 bits per heavy atom. The van der Waals surface area contributed by atoms with Crippen LogP contribution in [0.3, 0.4) is 0 Å². The highest BCUT2D eigenvalue weighted by Crippen LogP contribution is 2.29. The first-order chi connectivity index (χ1) is 13.1. The molecule has 10 nitrogen and oxygen atoms in total. The van der Waals surface area contributed by atoms with Gasteiger partial charge in [0.2, 0.25) is 5.91 Å². The number of alkyl carbamates (subject to hydrolysis) is 1. The molecule has 0 fully saturated rings. The van der Waals surface area contributed by atoms with Gasteiger partial charge in [-0.05, 0) is 45.0 Å². The maximum atomic E-state index is 11.9. The van der Waals surface area contributed by atoms with E-state index >= 15 is 0 Å². The Labute approximate surface area is 161 Å². The number of phenolic OH excluding ortho intramolecular Hbond substituents is 1. The van der Waals surface area contributed by atoms with E-state index in [0.717, 1.165) is 0 Å². The van der Waals surface area contributed by atoms with Gasteiger partial charge < -0.3 is 26.2 Å². The van der Waals surface area contributed by atoms with Gasteiger partial charge in [-0.3, -0.25) is 4.79 Å². The molecule has 0 bridgehead atoms. The molecule has 1 aromatic carbocycles. The number of pyridine rings is 1. The molecule has 10 heteroatoms. The molecule has 5 N–H and O–H groups in total. The number of rotatable bonds is 5. The number of azo groups is 1. The molecule has 2 amide bonds. The number of para-hydroxylation sites is 1. The van der Waals surface area contributed by atoms with Crippen molar-refractivity contribution in [3.8, 4) is 5.75 Å². The van der Waals surface area contributed by atoms with E-state index < -0.39 is 17.6 Å². The van der Waals surface area contributed by atoms with Crippen molar-refractivity contribution in [2.24, 2.45) is 10.2 Å². The van der Waals surface area contributed by atoms with Crippen molar-refractivity contribution in [2.45, 2.75) is 26.4 Å². The monoisotopic (exact) mass is 386 g/mol. The summed E-state index contributed by atoms with van der Waals surface area (Å²) >= 11 is 0. The van der Waals surface area contributed by atoms with E-state index in [-0.39, 0.29) is 35.3 Å². The van der Waals surface area contributed by atoms with Gasteiger partial charge in [0, 0.05) is 0 Å². The number of hydrogen-bond donors (Lipinski definition) is 4. The number of carbonyl (C=O) groups excluding carboxylic acids is 2. The van der Waals surface area contributed by atoms with Crippen LogP contribution < -0.4 is 16.4 Å². The highest BCUT2D eigenvalue weighted by atomic mass is 16.6. The fourth-order valence-corrected chi connectivity index (χ4v) is 1.93. The predicted molar refractivity (Wildman–Crippen MR) is 104 cm³/mol. The van der Waals surface area contributed by atoms with Gasteiger partial charge in [-0.15, -0.1) is 10.2 Å². The Morgan fingerprint density at radius 2 is 1.82 bits per heavy atom. The zero-order valence-corrected chi connectivity index (χ0v) is 15.8. The standard InChI is InChI=1S/C18H22N6O4/c1-18(2,3)28-17(27)20-10-15(26)21-14-9-8-12(16(19)22-14)24-23-11-6-4-5-7-13(11)25/h4-9,25H,10H2,1-3H3,(H,20,27)(H3,19,21,22,26). The average molecular weight is 386 g/mol. The third kappa shape index (κ3) is 6.56. The van der Waals surface area contributed by atoms with Gasteiger partial charge in [0.25, 0.3) is 0 Å². The van der Waals surface area contributed by atoms with E-state index in [1.807, 2.05) is 0 Å². The van der Waals surface area contributed by atoms with E-state index in [1.165, 1.54) is 18.2 Å². The van der Waals surface area contributed by atoms with E-state index in [2.05, 4.69) is 25.8 Å². The quantitative estimate of drug-likeness (QED) is 0.579.